The van der Waals surface area contributed by atoms with Crippen molar-refractivity contribution in [3.63, 3.8) is 0 Å². The second-order valence-corrected chi connectivity index (χ2v) is 9.98. The fourth-order valence-corrected chi connectivity index (χ4v) is 6.23. The largest absolute Gasteiger partial charge is 0.497 e. The zero-order valence-corrected chi connectivity index (χ0v) is 18.1. The molecule has 0 atom stereocenters. The summed E-state index contributed by atoms with van der Waals surface area (Å²) < 4.78 is 33.2. The number of halogens is 1. The van der Waals surface area contributed by atoms with Crippen molar-refractivity contribution in [2.24, 2.45) is 0 Å². The molecule has 0 N–H and O–H groups in total. The second-order valence-electron chi connectivity index (χ2n) is 6.61. The first-order chi connectivity index (χ1) is 13.9. The molecule has 6 nitrogen and oxygen atoms in total. The van der Waals surface area contributed by atoms with Gasteiger partial charge in [0.15, 0.2) is 0 Å². The van der Waals surface area contributed by atoms with E-state index in [0.717, 1.165) is 10.1 Å². The molecule has 2 heterocycles. The number of carbonyl (C=O) groups is 1. The van der Waals surface area contributed by atoms with Crippen molar-refractivity contribution >= 4 is 49.0 Å². The van der Waals surface area contributed by atoms with Crippen LogP contribution in [0.4, 0.5) is 0 Å². The van der Waals surface area contributed by atoms with Crippen molar-refractivity contribution in [3.05, 3.63) is 58.4 Å². The summed E-state index contributed by atoms with van der Waals surface area (Å²) in [5.74, 6) is 0.442. The van der Waals surface area contributed by atoms with Crippen molar-refractivity contribution in [1.29, 1.82) is 0 Å². The summed E-state index contributed by atoms with van der Waals surface area (Å²) in [5, 5.41) is 1.33. The fraction of sp³-hybridized carbons (Fsp3) is 0.250. The van der Waals surface area contributed by atoms with Crippen LogP contribution in [0.2, 0.25) is 5.02 Å². The highest BCUT2D eigenvalue weighted by molar-refractivity contribution is 7.89. The molecule has 0 bridgehead atoms. The number of nitrogens with zero attached hydrogens (tertiary/aromatic N) is 2. The van der Waals surface area contributed by atoms with E-state index in [2.05, 4.69) is 0 Å². The van der Waals surface area contributed by atoms with Gasteiger partial charge in [-0.1, -0.05) is 29.8 Å². The monoisotopic (exact) mass is 450 g/mol. The molecule has 0 spiro atoms. The first-order valence-electron chi connectivity index (χ1n) is 9.02. The normalized spacial score (nSPS) is 15.6. The smallest absolute Gasteiger partial charge is 0.265 e. The molecular weight excluding hydrogens is 432 g/mol. The number of benzene rings is 2. The number of rotatable bonds is 4. The predicted molar refractivity (Wildman–Crippen MR) is 114 cm³/mol. The molecule has 152 valence electrons. The van der Waals surface area contributed by atoms with E-state index in [0.29, 0.717) is 28.7 Å². The van der Waals surface area contributed by atoms with Gasteiger partial charge in [0.2, 0.25) is 10.0 Å². The number of sulfonamides is 1. The van der Waals surface area contributed by atoms with Crippen LogP contribution < -0.4 is 4.74 Å². The Morgan fingerprint density at radius 1 is 1.03 bits per heavy atom. The molecule has 1 saturated heterocycles. The van der Waals surface area contributed by atoms with Gasteiger partial charge in [0.1, 0.15) is 10.6 Å². The molecule has 0 saturated carbocycles. The van der Waals surface area contributed by atoms with Gasteiger partial charge in [0.05, 0.1) is 17.0 Å². The van der Waals surface area contributed by atoms with E-state index >= 15 is 0 Å². The Hall–Kier alpha value is -2.13. The van der Waals surface area contributed by atoms with Gasteiger partial charge in [-0.2, -0.15) is 4.31 Å². The van der Waals surface area contributed by atoms with Gasteiger partial charge in [-0.05, 0) is 30.3 Å². The van der Waals surface area contributed by atoms with E-state index in [9.17, 15) is 13.2 Å². The Morgan fingerprint density at radius 3 is 2.31 bits per heavy atom. The molecule has 9 heteroatoms. The average Bonchev–Trinajstić information content (AvgIpc) is 3.10. The highest BCUT2D eigenvalue weighted by atomic mass is 35.5. The van der Waals surface area contributed by atoms with Crippen molar-refractivity contribution < 1.29 is 17.9 Å². The van der Waals surface area contributed by atoms with E-state index < -0.39 is 10.0 Å². The number of fused-ring (bicyclic) bond motifs is 1. The lowest BCUT2D eigenvalue weighted by Gasteiger charge is -2.33. The number of hydrogen-bond donors (Lipinski definition) is 0. The number of ether oxygens (including phenoxy) is 1. The molecule has 0 radical (unpaired) electrons. The highest BCUT2D eigenvalue weighted by Crippen LogP contribution is 2.36. The van der Waals surface area contributed by atoms with Gasteiger partial charge in [-0.3, -0.25) is 4.79 Å². The molecule has 1 aromatic heterocycles. The van der Waals surface area contributed by atoms with Crippen molar-refractivity contribution in [2.75, 3.05) is 33.3 Å². The van der Waals surface area contributed by atoms with Crippen LogP contribution in [0.1, 0.15) is 9.67 Å². The zero-order valence-electron chi connectivity index (χ0n) is 15.7. The lowest BCUT2D eigenvalue weighted by molar-refractivity contribution is 0.0703. The van der Waals surface area contributed by atoms with Crippen LogP contribution in [0.25, 0.3) is 10.1 Å². The summed E-state index contributed by atoms with van der Waals surface area (Å²) in [6, 6.07) is 13.9. The van der Waals surface area contributed by atoms with Crippen LogP contribution in [-0.4, -0.2) is 56.8 Å². The number of carbonyl (C=O) groups excluding carboxylic acids is 1. The minimum Gasteiger partial charge on any atom is -0.497 e. The number of amides is 1. The summed E-state index contributed by atoms with van der Waals surface area (Å²) in [4.78, 5) is 15.3. The van der Waals surface area contributed by atoms with Crippen molar-refractivity contribution in [3.8, 4) is 5.75 Å². The van der Waals surface area contributed by atoms with Gasteiger partial charge in [-0.15, -0.1) is 11.3 Å². The maximum Gasteiger partial charge on any atom is 0.265 e. The van der Waals surface area contributed by atoms with E-state index in [1.807, 2.05) is 24.3 Å². The molecule has 0 unspecified atom stereocenters. The SMILES string of the molecule is COc1ccc(S(=O)(=O)N2CCN(C(=O)c3sc4ccccc4c3Cl)CC2)cc1. The third-order valence-corrected chi connectivity index (χ3v) is 8.53. The minimum absolute atomic E-state index is 0.155. The Kier molecular flexibility index (Phi) is 5.52. The van der Waals surface area contributed by atoms with Gasteiger partial charge in [0.25, 0.3) is 5.91 Å². The molecule has 4 rings (SSSR count). The van der Waals surface area contributed by atoms with Crippen LogP contribution in [0.5, 0.6) is 5.75 Å². The third kappa shape index (κ3) is 3.73. The molecule has 2 aromatic carbocycles. The van der Waals surface area contributed by atoms with E-state index in [1.165, 1.54) is 34.9 Å². The average molecular weight is 451 g/mol. The van der Waals surface area contributed by atoms with Gasteiger partial charge in [0, 0.05) is 36.3 Å². The van der Waals surface area contributed by atoms with Crippen LogP contribution in [0.3, 0.4) is 0 Å². The molecule has 29 heavy (non-hydrogen) atoms. The zero-order chi connectivity index (χ0) is 20.6. The van der Waals surface area contributed by atoms with Crippen LogP contribution >= 0.6 is 22.9 Å². The molecule has 1 aliphatic heterocycles. The lowest BCUT2D eigenvalue weighted by Crippen LogP contribution is -2.50. The quantitative estimate of drug-likeness (QED) is 0.607. The number of methoxy groups -OCH3 is 1. The summed E-state index contributed by atoms with van der Waals surface area (Å²) in [7, 11) is -2.08. The summed E-state index contributed by atoms with van der Waals surface area (Å²) in [5.41, 5.74) is 0. The Bertz CT molecular complexity index is 1150. The lowest BCUT2D eigenvalue weighted by atomic mass is 10.2. The number of thiophene rings is 1. The Labute approximate surface area is 178 Å². The fourth-order valence-electron chi connectivity index (χ4n) is 3.32. The van der Waals surface area contributed by atoms with Crippen LogP contribution in [0.15, 0.2) is 53.4 Å². The summed E-state index contributed by atoms with van der Waals surface area (Å²) >= 11 is 7.79. The molecule has 1 aliphatic rings. The molecule has 1 amide bonds. The van der Waals surface area contributed by atoms with Crippen LogP contribution in [0, 0.1) is 0 Å². The highest BCUT2D eigenvalue weighted by Gasteiger charge is 2.31. The predicted octanol–water partition coefficient (Wildman–Crippen LogP) is 3.71. The minimum atomic E-state index is -3.61. The molecular formula is C20H19ClN2O4S2. The molecule has 0 aliphatic carbocycles. The second kappa shape index (κ2) is 7.95. The number of hydrogen-bond acceptors (Lipinski definition) is 5. The molecule has 1 fully saturated rings. The Balaban J connectivity index is 1.48. The standard InChI is InChI=1S/C20H19ClN2O4S2/c1-27-14-6-8-15(9-7-14)29(25,26)23-12-10-22(11-13-23)20(24)19-18(21)16-4-2-3-5-17(16)28-19/h2-9H,10-13H2,1H3. The van der Waals surface area contributed by atoms with E-state index in [1.54, 1.807) is 17.0 Å². The van der Waals surface area contributed by atoms with Gasteiger partial charge >= 0.3 is 0 Å². The van der Waals surface area contributed by atoms with E-state index in [4.69, 9.17) is 16.3 Å². The number of piperazine rings is 1. The van der Waals surface area contributed by atoms with Crippen LogP contribution in [-0.2, 0) is 10.0 Å². The summed E-state index contributed by atoms with van der Waals surface area (Å²) in [6.07, 6.45) is 0. The van der Waals surface area contributed by atoms with E-state index in [-0.39, 0.29) is 23.9 Å². The van der Waals surface area contributed by atoms with Gasteiger partial charge < -0.3 is 9.64 Å². The first kappa shape index (κ1) is 20.2. The van der Waals surface area contributed by atoms with Crippen molar-refractivity contribution in [1.82, 2.24) is 9.21 Å². The maximum absolute atomic E-state index is 13.0. The summed E-state index contributed by atoms with van der Waals surface area (Å²) in [6.45, 7) is 1.11. The maximum atomic E-state index is 13.0. The van der Waals surface area contributed by atoms with Crippen molar-refractivity contribution in [2.45, 2.75) is 4.90 Å². The van der Waals surface area contributed by atoms with Gasteiger partial charge in [-0.25, -0.2) is 8.42 Å². The molecule has 3 aromatic rings. The topological polar surface area (TPSA) is 66.9 Å². The first-order valence-corrected chi connectivity index (χ1v) is 11.7. The third-order valence-electron chi connectivity index (χ3n) is 4.95. The Morgan fingerprint density at radius 2 is 1.69 bits per heavy atom.